The van der Waals surface area contributed by atoms with E-state index in [-0.39, 0.29) is 5.82 Å². The summed E-state index contributed by atoms with van der Waals surface area (Å²) in [6.45, 7) is 5.60. The first-order chi connectivity index (χ1) is 13.2. The molecule has 0 aliphatic carbocycles. The normalized spacial score (nSPS) is 17.1. The van der Waals surface area contributed by atoms with Crippen molar-refractivity contribution in [1.82, 2.24) is 10.6 Å². The van der Waals surface area contributed by atoms with E-state index in [4.69, 9.17) is 9.47 Å². The van der Waals surface area contributed by atoms with Crippen LogP contribution in [-0.4, -0.2) is 66.1 Å². The van der Waals surface area contributed by atoms with Gasteiger partial charge >= 0.3 is 0 Å². The van der Waals surface area contributed by atoms with Crippen LogP contribution in [0.1, 0.15) is 19.3 Å². The monoisotopic (exact) mass is 380 g/mol. The van der Waals surface area contributed by atoms with Gasteiger partial charge < -0.3 is 25.0 Å². The van der Waals surface area contributed by atoms with Gasteiger partial charge in [-0.1, -0.05) is 12.1 Å². The third kappa shape index (κ3) is 8.13. The average Bonchev–Trinajstić information content (AvgIpc) is 3.19. The van der Waals surface area contributed by atoms with Crippen LogP contribution in [0, 0.1) is 11.7 Å². The predicted octanol–water partition coefficient (Wildman–Crippen LogP) is 2.26. The molecule has 0 radical (unpaired) electrons. The number of halogens is 1. The van der Waals surface area contributed by atoms with Gasteiger partial charge in [0.1, 0.15) is 5.82 Å². The fourth-order valence-corrected chi connectivity index (χ4v) is 2.97. The van der Waals surface area contributed by atoms with Gasteiger partial charge in [-0.2, -0.15) is 0 Å². The Balaban J connectivity index is 1.50. The molecule has 1 atom stereocenters. The molecule has 0 saturated carbocycles. The van der Waals surface area contributed by atoms with E-state index in [2.05, 4.69) is 15.6 Å². The number of aliphatic imine (C=N–C) groups is 1. The van der Waals surface area contributed by atoms with Crippen molar-refractivity contribution >= 4 is 11.6 Å². The maximum atomic E-state index is 13.7. The molecule has 2 rings (SSSR count). The lowest BCUT2D eigenvalue weighted by Gasteiger charge is -2.20. The van der Waals surface area contributed by atoms with Crippen molar-refractivity contribution in [3.63, 3.8) is 0 Å². The molecule has 27 heavy (non-hydrogen) atoms. The number of hydrogen-bond acceptors (Lipinski definition) is 4. The Bertz CT molecular complexity index is 565. The first-order valence-corrected chi connectivity index (χ1v) is 9.76. The third-order valence-corrected chi connectivity index (χ3v) is 4.59. The summed E-state index contributed by atoms with van der Waals surface area (Å²) in [7, 11) is 3.67. The zero-order valence-corrected chi connectivity index (χ0v) is 16.5. The molecule has 1 saturated heterocycles. The van der Waals surface area contributed by atoms with Crippen LogP contribution in [0.4, 0.5) is 10.1 Å². The van der Waals surface area contributed by atoms with Crippen molar-refractivity contribution in [3.8, 4) is 0 Å². The van der Waals surface area contributed by atoms with Gasteiger partial charge in [0, 0.05) is 52.9 Å². The lowest BCUT2D eigenvalue weighted by molar-refractivity contribution is 0.0888. The predicted molar refractivity (Wildman–Crippen MR) is 108 cm³/mol. The van der Waals surface area contributed by atoms with E-state index >= 15 is 0 Å². The van der Waals surface area contributed by atoms with Crippen LogP contribution in [0.2, 0.25) is 0 Å². The topological polar surface area (TPSA) is 58.1 Å². The second-order valence-electron chi connectivity index (χ2n) is 6.81. The van der Waals surface area contributed by atoms with Gasteiger partial charge in [0.05, 0.1) is 18.9 Å². The summed E-state index contributed by atoms with van der Waals surface area (Å²) in [5, 5.41) is 6.58. The summed E-state index contributed by atoms with van der Waals surface area (Å²) in [5.74, 6) is 1.16. The minimum absolute atomic E-state index is 0.187. The van der Waals surface area contributed by atoms with E-state index in [0.29, 0.717) is 11.6 Å². The van der Waals surface area contributed by atoms with E-state index < -0.39 is 0 Å². The van der Waals surface area contributed by atoms with E-state index in [9.17, 15) is 4.39 Å². The average molecular weight is 381 g/mol. The van der Waals surface area contributed by atoms with Gasteiger partial charge in [-0.3, -0.25) is 4.99 Å². The number of benzene rings is 1. The van der Waals surface area contributed by atoms with E-state index in [0.717, 1.165) is 71.3 Å². The highest BCUT2D eigenvalue weighted by atomic mass is 19.1. The highest BCUT2D eigenvalue weighted by Gasteiger charge is 2.15. The summed E-state index contributed by atoms with van der Waals surface area (Å²) >= 11 is 0. The van der Waals surface area contributed by atoms with Gasteiger partial charge in [-0.15, -0.1) is 0 Å². The molecular formula is C20H33FN4O2. The third-order valence-electron chi connectivity index (χ3n) is 4.59. The lowest BCUT2D eigenvalue weighted by atomic mass is 10.1. The SMILES string of the molecule is CN=C(NCCCOCC1CCOC1)NCCCN(C)c1ccccc1F. The Morgan fingerprint density at radius 1 is 1.30 bits per heavy atom. The standard InChI is InChI=1S/C20H33FN4O2/c1-22-20(24-11-6-13-26-15-17-9-14-27-16-17)23-10-5-12-25(2)19-8-4-3-7-18(19)21/h3-4,7-8,17H,5-6,9-16H2,1-2H3,(H2,22,23,24). The maximum absolute atomic E-state index is 13.7. The second-order valence-corrected chi connectivity index (χ2v) is 6.81. The Labute approximate surface area is 162 Å². The van der Waals surface area contributed by atoms with Crippen molar-refractivity contribution in [2.75, 3.05) is 65.1 Å². The van der Waals surface area contributed by atoms with Crippen LogP contribution in [0.5, 0.6) is 0 Å². The van der Waals surface area contributed by atoms with Crippen LogP contribution in [-0.2, 0) is 9.47 Å². The highest BCUT2D eigenvalue weighted by molar-refractivity contribution is 5.79. The minimum Gasteiger partial charge on any atom is -0.381 e. The van der Waals surface area contributed by atoms with Crippen LogP contribution in [0.15, 0.2) is 29.3 Å². The smallest absolute Gasteiger partial charge is 0.190 e. The molecule has 0 amide bonds. The van der Waals surface area contributed by atoms with Gasteiger partial charge in [0.25, 0.3) is 0 Å². The highest BCUT2D eigenvalue weighted by Crippen LogP contribution is 2.16. The van der Waals surface area contributed by atoms with E-state index in [1.807, 2.05) is 18.0 Å². The number of nitrogens with one attached hydrogen (secondary N) is 2. The number of para-hydroxylation sites is 1. The fraction of sp³-hybridized carbons (Fsp3) is 0.650. The number of anilines is 1. The fourth-order valence-electron chi connectivity index (χ4n) is 2.97. The van der Waals surface area contributed by atoms with Gasteiger partial charge in [-0.05, 0) is 31.4 Å². The molecular weight excluding hydrogens is 347 g/mol. The molecule has 152 valence electrons. The molecule has 7 heteroatoms. The molecule has 1 unspecified atom stereocenters. The Hall–Kier alpha value is -1.86. The molecule has 0 aromatic heterocycles. The number of guanidine groups is 1. The van der Waals surface area contributed by atoms with Gasteiger partial charge in [0.2, 0.25) is 0 Å². The second kappa shape index (κ2) is 12.5. The molecule has 6 nitrogen and oxygen atoms in total. The number of hydrogen-bond donors (Lipinski definition) is 2. The van der Waals surface area contributed by atoms with Gasteiger partial charge in [-0.25, -0.2) is 4.39 Å². The van der Waals surface area contributed by atoms with Crippen LogP contribution < -0.4 is 15.5 Å². The van der Waals surface area contributed by atoms with Crippen LogP contribution >= 0.6 is 0 Å². The zero-order valence-electron chi connectivity index (χ0n) is 16.5. The molecule has 0 bridgehead atoms. The summed E-state index contributed by atoms with van der Waals surface area (Å²) < 4.78 is 24.8. The van der Waals surface area contributed by atoms with Gasteiger partial charge in [0.15, 0.2) is 5.96 Å². The largest absolute Gasteiger partial charge is 0.381 e. The molecule has 1 heterocycles. The Morgan fingerprint density at radius 2 is 2.07 bits per heavy atom. The van der Waals surface area contributed by atoms with Crippen molar-refractivity contribution in [3.05, 3.63) is 30.1 Å². The van der Waals surface area contributed by atoms with E-state index in [1.165, 1.54) is 6.07 Å². The Morgan fingerprint density at radius 3 is 2.78 bits per heavy atom. The first-order valence-electron chi connectivity index (χ1n) is 9.76. The zero-order chi connectivity index (χ0) is 19.3. The summed E-state index contributed by atoms with van der Waals surface area (Å²) in [5.41, 5.74) is 0.629. The molecule has 1 fully saturated rings. The molecule has 1 aliphatic heterocycles. The molecule has 1 aromatic rings. The van der Waals surface area contributed by atoms with Crippen molar-refractivity contribution < 1.29 is 13.9 Å². The van der Waals surface area contributed by atoms with E-state index in [1.54, 1.807) is 19.2 Å². The number of rotatable bonds is 11. The molecule has 1 aliphatic rings. The van der Waals surface area contributed by atoms with Crippen molar-refractivity contribution in [2.24, 2.45) is 10.9 Å². The molecule has 2 N–H and O–H groups in total. The van der Waals surface area contributed by atoms with Crippen LogP contribution in [0.25, 0.3) is 0 Å². The summed E-state index contributed by atoms with van der Waals surface area (Å²) in [6, 6.07) is 6.84. The quantitative estimate of drug-likeness (QED) is 0.350. The molecule has 1 aromatic carbocycles. The number of nitrogens with zero attached hydrogens (tertiary/aromatic N) is 2. The first kappa shape index (κ1) is 21.4. The minimum atomic E-state index is -0.187. The summed E-state index contributed by atoms with van der Waals surface area (Å²) in [4.78, 5) is 6.15. The maximum Gasteiger partial charge on any atom is 0.190 e. The number of ether oxygens (including phenoxy) is 2. The van der Waals surface area contributed by atoms with Crippen molar-refractivity contribution in [1.29, 1.82) is 0 Å². The van der Waals surface area contributed by atoms with Crippen molar-refractivity contribution in [2.45, 2.75) is 19.3 Å². The molecule has 0 spiro atoms. The Kier molecular flexibility index (Phi) is 9.94. The lowest BCUT2D eigenvalue weighted by Crippen LogP contribution is -2.39. The summed E-state index contributed by atoms with van der Waals surface area (Å²) in [6.07, 6.45) is 2.93. The van der Waals surface area contributed by atoms with Crippen LogP contribution in [0.3, 0.4) is 0 Å².